The summed E-state index contributed by atoms with van der Waals surface area (Å²) in [5.74, 6) is 1.28. The van der Waals surface area contributed by atoms with E-state index in [2.05, 4.69) is 27.8 Å². The van der Waals surface area contributed by atoms with Crippen molar-refractivity contribution in [3.8, 4) is 11.6 Å². The first-order chi connectivity index (χ1) is 8.06. The summed E-state index contributed by atoms with van der Waals surface area (Å²) in [4.78, 5) is 4.12. The van der Waals surface area contributed by atoms with E-state index in [9.17, 15) is 0 Å². The first-order valence-electron chi connectivity index (χ1n) is 5.12. The van der Waals surface area contributed by atoms with Gasteiger partial charge in [0.25, 0.3) is 0 Å². The molecule has 1 heterocycles. The van der Waals surface area contributed by atoms with Crippen LogP contribution in [0.5, 0.6) is 11.6 Å². The number of aryl methyl sites for hydroxylation is 2. The molecule has 0 atom stereocenters. The quantitative estimate of drug-likeness (QED) is 0.786. The second-order valence-corrected chi connectivity index (χ2v) is 5.08. The molecule has 0 saturated carbocycles. The second kappa shape index (κ2) is 5.07. The first-order valence-corrected chi connectivity index (χ1v) is 6.29. The predicted molar refractivity (Wildman–Crippen MR) is 72.9 cm³/mol. The van der Waals surface area contributed by atoms with E-state index < -0.39 is 0 Å². The summed E-state index contributed by atoms with van der Waals surface area (Å²) in [7, 11) is 0. The van der Waals surface area contributed by atoms with Crippen molar-refractivity contribution in [3.05, 3.63) is 51.1 Å². The Morgan fingerprint density at radius 3 is 2.59 bits per heavy atom. The molecule has 0 bridgehead atoms. The molecule has 88 valence electrons. The molecule has 0 radical (unpaired) electrons. The van der Waals surface area contributed by atoms with Crippen molar-refractivity contribution in [2.45, 2.75) is 13.8 Å². The summed E-state index contributed by atoms with van der Waals surface area (Å²) < 4.78 is 6.42. The number of nitrogens with zero attached hydrogens (tertiary/aromatic N) is 1. The lowest BCUT2D eigenvalue weighted by molar-refractivity contribution is 0.459. The molecule has 0 unspecified atom stereocenters. The number of rotatable bonds is 2. The Kier molecular flexibility index (Phi) is 3.69. The van der Waals surface area contributed by atoms with Gasteiger partial charge in [-0.2, -0.15) is 0 Å². The fourth-order valence-electron chi connectivity index (χ4n) is 1.37. The van der Waals surface area contributed by atoms with Crippen LogP contribution < -0.4 is 4.74 Å². The molecule has 1 aromatic heterocycles. The number of hydrogen-bond donors (Lipinski definition) is 0. The van der Waals surface area contributed by atoms with Gasteiger partial charge >= 0.3 is 0 Å². The highest BCUT2D eigenvalue weighted by molar-refractivity contribution is 9.10. The summed E-state index contributed by atoms with van der Waals surface area (Å²) in [6, 6.07) is 7.68. The molecule has 0 fully saturated rings. The van der Waals surface area contributed by atoms with Crippen molar-refractivity contribution >= 4 is 27.5 Å². The Morgan fingerprint density at radius 1 is 1.18 bits per heavy atom. The maximum Gasteiger partial charge on any atom is 0.233 e. The van der Waals surface area contributed by atoms with Crippen LogP contribution in [0.1, 0.15) is 11.1 Å². The van der Waals surface area contributed by atoms with Crippen LogP contribution in [0.15, 0.2) is 34.9 Å². The molecule has 0 aliphatic heterocycles. The molecule has 0 aliphatic rings. The topological polar surface area (TPSA) is 22.1 Å². The van der Waals surface area contributed by atoms with E-state index in [1.807, 2.05) is 25.1 Å². The van der Waals surface area contributed by atoms with Crippen molar-refractivity contribution in [2.24, 2.45) is 0 Å². The Bertz CT molecular complexity index is 557. The van der Waals surface area contributed by atoms with Crippen molar-refractivity contribution in [3.63, 3.8) is 0 Å². The lowest BCUT2D eigenvalue weighted by atomic mass is 10.1. The highest BCUT2D eigenvalue weighted by Gasteiger charge is 2.05. The third-order valence-corrected chi connectivity index (χ3v) is 3.24. The molecule has 0 N–H and O–H groups in total. The summed E-state index contributed by atoms with van der Waals surface area (Å²) in [5, 5.41) is 0.573. The fraction of sp³-hybridized carbons (Fsp3) is 0.154. The molecule has 17 heavy (non-hydrogen) atoms. The number of ether oxygens (including phenoxy) is 1. The number of benzene rings is 1. The normalized spacial score (nSPS) is 10.4. The van der Waals surface area contributed by atoms with Crippen molar-refractivity contribution in [2.75, 3.05) is 0 Å². The van der Waals surface area contributed by atoms with Crippen molar-refractivity contribution in [1.29, 1.82) is 0 Å². The van der Waals surface area contributed by atoms with Crippen molar-refractivity contribution < 1.29 is 4.74 Å². The van der Waals surface area contributed by atoms with Gasteiger partial charge in [-0.15, -0.1) is 0 Å². The van der Waals surface area contributed by atoms with Crippen LogP contribution in [-0.2, 0) is 0 Å². The molecular formula is C13H11BrClNO. The van der Waals surface area contributed by atoms with Gasteiger partial charge in [0.05, 0.1) is 9.50 Å². The zero-order chi connectivity index (χ0) is 12.4. The number of pyridine rings is 1. The Morgan fingerprint density at radius 2 is 1.94 bits per heavy atom. The lowest BCUT2D eigenvalue weighted by Gasteiger charge is -2.08. The second-order valence-electron chi connectivity index (χ2n) is 3.79. The van der Waals surface area contributed by atoms with Crippen LogP contribution in [0, 0.1) is 13.8 Å². The van der Waals surface area contributed by atoms with Crippen LogP contribution in [0.4, 0.5) is 0 Å². The fourth-order valence-corrected chi connectivity index (χ4v) is 2.09. The maximum absolute atomic E-state index is 5.82. The van der Waals surface area contributed by atoms with Gasteiger partial charge in [0, 0.05) is 6.20 Å². The SMILES string of the molecule is Cc1ccc(Oc2ncc(Cl)cc2Br)cc1C. The van der Waals surface area contributed by atoms with Gasteiger partial charge in [-0.05, 0) is 59.1 Å². The van der Waals surface area contributed by atoms with Gasteiger partial charge in [0.15, 0.2) is 0 Å². The Hall–Kier alpha value is -1.06. The molecule has 4 heteroatoms. The Balaban J connectivity index is 2.28. The minimum Gasteiger partial charge on any atom is -0.438 e. The summed E-state index contributed by atoms with van der Waals surface area (Å²) in [6.45, 7) is 4.11. The lowest BCUT2D eigenvalue weighted by Crippen LogP contribution is -1.90. The van der Waals surface area contributed by atoms with E-state index in [0.717, 1.165) is 10.2 Å². The maximum atomic E-state index is 5.82. The standard InChI is InChI=1S/C13H11BrClNO/c1-8-3-4-11(5-9(8)2)17-13-12(14)6-10(15)7-16-13/h3-7H,1-2H3. The van der Waals surface area contributed by atoms with Gasteiger partial charge < -0.3 is 4.74 Å². The van der Waals surface area contributed by atoms with Gasteiger partial charge in [0.2, 0.25) is 5.88 Å². The van der Waals surface area contributed by atoms with Gasteiger partial charge in [-0.1, -0.05) is 17.7 Å². The van der Waals surface area contributed by atoms with E-state index >= 15 is 0 Å². The van der Waals surface area contributed by atoms with Crippen LogP contribution in [-0.4, -0.2) is 4.98 Å². The van der Waals surface area contributed by atoms with E-state index in [4.69, 9.17) is 16.3 Å². The number of hydrogen-bond acceptors (Lipinski definition) is 2. The number of aromatic nitrogens is 1. The molecular weight excluding hydrogens is 302 g/mol. The van der Waals surface area contributed by atoms with E-state index in [0.29, 0.717) is 10.9 Å². The minimum absolute atomic E-state index is 0.512. The van der Waals surface area contributed by atoms with Crippen molar-refractivity contribution in [1.82, 2.24) is 4.98 Å². The Labute approximate surface area is 114 Å². The first kappa shape index (κ1) is 12.4. The zero-order valence-corrected chi connectivity index (χ0v) is 11.8. The van der Waals surface area contributed by atoms with Crippen LogP contribution in [0.3, 0.4) is 0 Å². The van der Waals surface area contributed by atoms with Gasteiger partial charge in [0.1, 0.15) is 5.75 Å². The molecule has 2 aromatic rings. The number of halogens is 2. The monoisotopic (exact) mass is 311 g/mol. The zero-order valence-electron chi connectivity index (χ0n) is 9.50. The van der Waals surface area contributed by atoms with Gasteiger partial charge in [-0.3, -0.25) is 0 Å². The summed E-state index contributed by atoms with van der Waals surface area (Å²) >= 11 is 9.18. The molecule has 0 spiro atoms. The smallest absolute Gasteiger partial charge is 0.233 e. The van der Waals surface area contributed by atoms with Crippen LogP contribution in [0.2, 0.25) is 5.02 Å². The predicted octanol–water partition coefficient (Wildman–Crippen LogP) is 4.91. The minimum atomic E-state index is 0.512. The molecule has 0 saturated heterocycles. The average molecular weight is 313 g/mol. The van der Waals surface area contributed by atoms with E-state index in [-0.39, 0.29) is 0 Å². The molecule has 2 rings (SSSR count). The largest absolute Gasteiger partial charge is 0.438 e. The third kappa shape index (κ3) is 2.99. The third-order valence-electron chi connectivity index (χ3n) is 2.47. The molecule has 1 aromatic carbocycles. The molecule has 2 nitrogen and oxygen atoms in total. The average Bonchev–Trinajstić information content (AvgIpc) is 2.27. The highest BCUT2D eigenvalue weighted by Crippen LogP contribution is 2.30. The molecule has 0 aliphatic carbocycles. The summed E-state index contributed by atoms with van der Waals surface area (Å²) in [6.07, 6.45) is 1.56. The van der Waals surface area contributed by atoms with Gasteiger partial charge in [-0.25, -0.2) is 4.98 Å². The molecule has 0 amide bonds. The van der Waals surface area contributed by atoms with E-state index in [1.54, 1.807) is 12.3 Å². The highest BCUT2D eigenvalue weighted by atomic mass is 79.9. The van der Waals surface area contributed by atoms with Crippen LogP contribution >= 0.6 is 27.5 Å². The van der Waals surface area contributed by atoms with Crippen LogP contribution in [0.25, 0.3) is 0 Å². The van der Waals surface area contributed by atoms with E-state index in [1.165, 1.54) is 11.1 Å². The summed E-state index contributed by atoms with van der Waals surface area (Å²) in [5.41, 5.74) is 2.42.